The Hall–Kier alpha value is -3.03. The van der Waals surface area contributed by atoms with E-state index in [-0.39, 0.29) is 18.9 Å². The predicted octanol–water partition coefficient (Wildman–Crippen LogP) is 6.76. The Bertz CT molecular complexity index is 1860. The highest BCUT2D eigenvalue weighted by Crippen LogP contribution is 2.33. The molecular formula is C65H111NO18. The summed E-state index contributed by atoms with van der Waals surface area (Å²) in [5.41, 5.74) is 0. The van der Waals surface area contributed by atoms with Crippen molar-refractivity contribution in [2.45, 2.75) is 291 Å². The van der Waals surface area contributed by atoms with E-state index in [1.54, 1.807) is 0 Å². The molecule has 1 amide bonds. The highest BCUT2D eigenvalue weighted by molar-refractivity contribution is 5.76. The smallest absolute Gasteiger partial charge is 0.220 e. The number of carbonyl (C=O) groups is 1. The molecule has 3 heterocycles. The van der Waals surface area contributed by atoms with E-state index in [9.17, 15) is 61.0 Å². The van der Waals surface area contributed by atoms with Crippen molar-refractivity contribution >= 4 is 5.91 Å². The summed E-state index contributed by atoms with van der Waals surface area (Å²) in [5, 5.41) is 120. The molecular weight excluding hydrogens is 1080 g/mol. The van der Waals surface area contributed by atoms with Gasteiger partial charge in [-0.3, -0.25) is 4.79 Å². The molecule has 3 aliphatic rings. The molecule has 17 atom stereocenters. The van der Waals surface area contributed by atoms with Crippen LogP contribution in [-0.2, 0) is 33.2 Å². The number of ether oxygens (including phenoxy) is 6. The van der Waals surface area contributed by atoms with Gasteiger partial charge in [0.1, 0.15) is 73.2 Å². The third kappa shape index (κ3) is 29.8. The first-order chi connectivity index (χ1) is 40.8. The van der Waals surface area contributed by atoms with E-state index < -0.39 is 124 Å². The SMILES string of the molecule is CC/C=C\C/C=C\C/C=C\C/C=C\C/C=C\C/C=C\C/C=C\CCCCCCCCCCCCCC(=O)NC(COC1OC(CO)C(OC2OC(CO)C(OC3OC(CO)C(O)C(O)C3O)C(O)C2O)C(O)C1O)C(O)CCCCCCCC. The van der Waals surface area contributed by atoms with E-state index in [0.29, 0.717) is 12.8 Å². The highest BCUT2D eigenvalue weighted by atomic mass is 16.8. The van der Waals surface area contributed by atoms with Crippen LogP contribution >= 0.6 is 0 Å². The molecule has 0 aliphatic carbocycles. The maximum atomic E-state index is 13.3. The fourth-order valence-electron chi connectivity index (χ4n) is 10.3. The van der Waals surface area contributed by atoms with Gasteiger partial charge in [0, 0.05) is 6.42 Å². The van der Waals surface area contributed by atoms with Crippen molar-refractivity contribution in [2.24, 2.45) is 0 Å². The van der Waals surface area contributed by atoms with Crippen molar-refractivity contribution in [1.82, 2.24) is 5.32 Å². The summed E-state index contributed by atoms with van der Waals surface area (Å²) in [7, 11) is 0. The Morgan fingerprint density at radius 2 is 0.821 bits per heavy atom. The molecule has 484 valence electrons. The molecule has 3 aliphatic heterocycles. The van der Waals surface area contributed by atoms with Crippen molar-refractivity contribution in [2.75, 3.05) is 26.4 Å². The van der Waals surface area contributed by atoms with E-state index in [0.717, 1.165) is 116 Å². The van der Waals surface area contributed by atoms with Crippen LogP contribution in [-0.4, -0.2) is 193 Å². The van der Waals surface area contributed by atoms with E-state index in [2.05, 4.69) is 104 Å². The zero-order valence-electron chi connectivity index (χ0n) is 50.6. The second-order valence-electron chi connectivity index (χ2n) is 22.5. The first-order valence-corrected chi connectivity index (χ1v) is 31.8. The summed E-state index contributed by atoms with van der Waals surface area (Å²) in [4.78, 5) is 13.3. The Labute approximate surface area is 501 Å². The van der Waals surface area contributed by atoms with Crippen molar-refractivity contribution in [3.05, 3.63) is 85.1 Å². The Morgan fingerprint density at radius 1 is 0.440 bits per heavy atom. The molecule has 0 aromatic rings. The number of hydrogen-bond donors (Lipinski definition) is 12. The summed E-state index contributed by atoms with van der Waals surface area (Å²) in [6, 6.07) is -0.890. The van der Waals surface area contributed by atoms with Crippen LogP contribution in [0, 0.1) is 0 Å². The Kier molecular flexibility index (Phi) is 42.1. The van der Waals surface area contributed by atoms with Crippen molar-refractivity contribution in [3.63, 3.8) is 0 Å². The monoisotopic (exact) mass is 1190 g/mol. The minimum absolute atomic E-state index is 0.256. The lowest BCUT2D eigenvalue weighted by molar-refractivity contribution is -0.379. The van der Waals surface area contributed by atoms with Gasteiger partial charge in [0.05, 0.1) is 38.6 Å². The van der Waals surface area contributed by atoms with Crippen LogP contribution in [0.1, 0.15) is 187 Å². The number of amides is 1. The lowest BCUT2D eigenvalue weighted by atomic mass is 9.96. The van der Waals surface area contributed by atoms with Crippen LogP contribution < -0.4 is 5.32 Å². The fraction of sp³-hybridized carbons (Fsp3) is 0.769. The molecule has 3 rings (SSSR count). The van der Waals surface area contributed by atoms with Gasteiger partial charge in [-0.25, -0.2) is 0 Å². The van der Waals surface area contributed by atoms with Crippen LogP contribution in [0.2, 0.25) is 0 Å². The number of allylic oxidation sites excluding steroid dienone is 14. The van der Waals surface area contributed by atoms with E-state index in [1.807, 2.05) is 0 Å². The molecule has 0 spiro atoms. The van der Waals surface area contributed by atoms with Gasteiger partial charge < -0.3 is 89.9 Å². The average Bonchev–Trinajstić information content (AvgIpc) is 2.27. The minimum atomic E-state index is -1.97. The molecule has 0 aromatic carbocycles. The molecule has 19 nitrogen and oxygen atoms in total. The maximum Gasteiger partial charge on any atom is 0.220 e. The van der Waals surface area contributed by atoms with Gasteiger partial charge in [0.15, 0.2) is 18.9 Å². The van der Waals surface area contributed by atoms with Gasteiger partial charge >= 0.3 is 0 Å². The lowest BCUT2D eigenvalue weighted by Gasteiger charge is -2.48. The second kappa shape index (κ2) is 47.0. The number of nitrogens with one attached hydrogen (secondary N) is 1. The normalized spacial score (nSPS) is 29.8. The van der Waals surface area contributed by atoms with Gasteiger partial charge in [-0.05, 0) is 70.6 Å². The molecule has 17 unspecified atom stereocenters. The van der Waals surface area contributed by atoms with E-state index >= 15 is 0 Å². The molecule has 19 heteroatoms. The van der Waals surface area contributed by atoms with Crippen LogP contribution in [0.4, 0.5) is 0 Å². The van der Waals surface area contributed by atoms with Crippen molar-refractivity contribution in [1.29, 1.82) is 0 Å². The molecule has 12 N–H and O–H groups in total. The minimum Gasteiger partial charge on any atom is -0.394 e. The van der Waals surface area contributed by atoms with Gasteiger partial charge in [-0.2, -0.15) is 0 Å². The molecule has 0 bridgehead atoms. The summed E-state index contributed by atoms with van der Waals surface area (Å²) in [5.74, 6) is -0.256. The topological polar surface area (TPSA) is 307 Å². The van der Waals surface area contributed by atoms with Gasteiger partial charge in [0.2, 0.25) is 5.91 Å². The van der Waals surface area contributed by atoms with E-state index in [4.69, 9.17) is 28.4 Å². The zero-order valence-corrected chi connectivity index (χ0v) is 50.6. The molecule has 3 fully saturated rings. The molecule has 0 saturated carbocycles. The quantitative estimate of drug-likeness (QED) is 0.0221. The van der Waals surface area contributed by atoms with Gasteiger partial charge in [-0.1, -0.05) is 195 Å². The van der Waals surface area contributed by atoms with Gasteiger partial charge in [-0.15, -0.1) is 0 Å². The Balaban J connectivity index is 1.32. The zero-order chi connectivity index (χ0) is 61.2. The van der Waals surface area contributed by atoms with Gasteiger partial charge in [0.25, 0.3) is 0 Å². The standard InChI is InChI=1S/C65H111NO18/c1-3-5-7-9-11-12-13-14-15-16-17-18-19-20-21-22-23-24-25-26-27-28-29-30-31-32-33-34-35-36-37-39-41-43-53(71)66-48(49(70)42-40-38-10-8-6-4-2)47-79-63-59(77)56(74)61(51(45-68)81-63)84-65-60(78)57(75)62(52(46-69)82-65)83-64-58(76)55(73)54(72)50(44-67)80-64/h5,7,11-12,14-15,17-18,20-21,23-24,26-27,48-52,54-65,67-70,72-78H,3-4,6,8-10,13,16,19,22,25,28-47H2,1-2H3,(H,66,71)/b7-5-,12-11-,15-14-,18-17-,21-20-,24-23-,27-26-. The number of aliphatic hydroxyl groups excluding tert-OH is 11. The summed E-state index contributed by atoms with van der Waals surface area (Å²) >= 11 is 0. The lowest BCUT2D eigenvalue weighted by Crippen LogP contribution is -2.66. The molecule has 0 aromatic heterocycles. The maximum absolute atomic E-state index is 13.3. The van der Waals surface area contributed by atoms with Crippen LogP contribution in [0.5, 0.6) is 0 Å². The molecule has 84 heavy (non-hydrogen) atoms. The number of carbonyl (C=O) groups excluding carboxylic acids is 1. The third-order valence-corrected chi connectivity index (χ3v) is 15.5. The number of hydrogen-bond acceptors (Lipinski definition) is 18. The first-order valence-electron chi connectivity index (χ1n) is 31.8. The Morgan fingerprint density at radius 3 is 1.29 bits per heavy atom. The number of unbranched alkanes of at least 4 members (excludes halogenated alkanes) is 16. The van der Waals surface area contributed by atoms with Crippen LogP contribution in [0.3, 0.4) is 0 Å². The number of aliphatic hydroxyl groups is 11. The first kappa shape index (κ1) is 75.2. The predicted molar refractivity (Wildman–Crippen MR) is 323 cm³/mol. The summed E-state index contributed by atoms with van der Waals surface area (Å²) in [6.45, 7) is 1.57. The summed E-state index contributed by atoms with van der Waals surface area (Å²) < 4.78 is 34.2. The number of rotatable bonds is 46. The van der Waals surface area contributed by atoms with E-state index in [1.165, 1.54) is 38.5 Å². The summed E-state index contributed by atoms with van der Waals surface area (Å²) in [6.07, 6.45) is 31.6. The van der Waals surface area contributed by atoms with Crippen LogP contribution in [0.25, 0.3) is 0 Å². The molecule has 0 radical (unpaired) electrons. The highest BCUT2D eigenvalue weighted by Gasteiger charge is 2.53. The largest absolute Gasteiger partial charge is 0.394 e. The van der Waals surface area contributed by atoms with Crippen molar-refractivity contribution < 1.29 is 89.4 Å². The van der Waals surface area contributed by atoms with Crippen LogP contribution in [0.15, 0.2) is 85.1 Å². The fourth-order valence-corrected chi connectivity index (χ4v) is 10.3. The average molecular weight is 1190 g/mol. The molecule has 3 saturated heterocycles. The second-order valence-corrected chi connectivity index (χ2v) is 22.5. The van der Waals surface area contributed by atoms with Crippen molar-refractivity contribution in [3.8, 4) is 0 Å². The third-order valence-electron chi connectivity index (χ3n) is 15.5.